The van der Waals surface area contributed by atoms with Crippen molar-refractivity contribution in [1.29, 1.82) is 0 Å². The largest absolute Gasteiger partial charge is 0.492 e. The van der Waals surface area contributed by atoms with Crippen LogP contribution in [0, 0.1) is 0 Å². The third-order valence-corrected chi connectivity index (χ3v) is 9.45. The molecule has 9 nitrogen and oxygen atoms in total. The summed E-state index contributed by atoms with van der Waals surface area (Å²) in [6.45, 7) is 8.00. The van der Waals surface area contributed by atoms with Gasteiger partial charge in [-0.1, -0.05) is 39.3 Å². The van der Waals surface area contributed by atoms with Gasteiger partial charge in [-0.05, 0) is 78.4 Å². The molecule has 0 saturated carbocycles. The van der Waals surface area contributed by atoms with Gasteiger partial charge in [0.25, 0.3) is 11.8 Å². The minimum absolute atomic E-state index is 0.0481. The van der Waals surface area contributed by atoms with E-state index in [-0.39, 0.29) is 29.4 Å². The third kappa shape index (κ3) is 6.60. The fraction of sp³-hybridized carbons (Fsp3) is 0.375. The van der Waals surface area contributed by atoms with Crippen molar-refractivity contribution in [1.82, 2.24) is 4.31 Å². The van der Waals surface area contributed by atoms with Crippen LogP contribution in [0.15, 0.2) is 71.6 Å². The second-order valence-electron chi connectivity index (χ2n) is 11.6. The summed E-state index contributed by atoms with van der Waals surface area (Å²) in [4.78, 5) is 27.5. The van der Waals surface area contributed by atoms with Gasteiger partial charge in [0.05, 0.1) is 17.1 Å². The minimum Gasteiger partial charge on any atom is -0.492 e. The number of ether oxygens (including phenoxy) is 2. The summed E-state index contributed by atoms with van der Waals surface area (Å²) in [5.74, 6) is 0.658. The molecule has 2 aliphatic heterocycles. The molecule has 0 unspecified atom stereocenters. The molecule has 2 heterocycles. The van der Waals surface area contributed by atoms with Gasteiger partial charge in [0, 0.05) is 24.3 Å². The third-order valence-electron chi connectivity index (χ3n) is 7.53. The van der Waals surface area contributed by atoms with Gasteiger partial charge in [-0.15, -0.1) is 0 Å². The second-order valence-corrected chi connectivity index (χ2v) is 13.5. The van der Waals surface area contributed by atoms with Gasteiger partial charge in [0.2, 0.25) is 10.0 Å². The molecule has 222 valence electrons. The molecule has 1 N–H and O–H groups in total. The number of benzene rings is 3. The van der Waals surface area contributed by atoms with Gasteiger partial charge < -0.3 is 19.7 Å². The van der Waals surface area contributed by atoms with Crippen molar-refractivity contribution in [2.75, 3.05) is 43.1 Å². The van der Waals surface area contributed by atoms with Crippen molar-refractivity contribution in [2.24, 2.45) is 0 Å². The monoisotopic (exact) mass is 591 g/mol. The lowest BCUT2D eigenvalue weighted by molar-refractivity contribution is -0.121. The van der Waals surface area contributed by atoms with Crippen LogP contribution >= 0.6 is 0 Å². The van der Waals surface area contributed by atoms with Gasteiger partial charge in [0.15, 0.2) is 6.61 Å². The van der Waals surface area contributed by atoms with Crippen LogP contribution in [0.3, 0.4) is 0 Å². The molecule has 1 saturated heterocycles. The Morgan fingerprint density at radius 3 is 2.31 bits per heavy atom. The normalized spacial score (nSPS) is 16.0. The molecule has 0 aromatic heterocycles. The predicted molar refractivity (Wildman–Crippen MR) is 162 cm³/mol. The average molecular weight is 592 g/mol. The molecule has 42 heavy (non-hydrogen) atoms. The van der Waals surface area contributed by atoms with Gasteiger partial charge in [0.1, 0.15) is 18.1 Å². The first-order chi connectivity index (χ1) is 20.0. The number of nitrogens with one attached hydrogen (secondary N) is 1. The van der Waals surface area contributed by atoms with Crippen LogP contribution in [0.1, 0.15) is 56.0 Å². The first-order valence-corrected chi connectivity index (χ1v) is 15.7. The van der Waals surface area contributed by atoms with E-state index in [1.165, 1.54) is 34.1 Å². The van der Waals surface area contributed by atoms with Gasteiger partial charge in [-0.25, -0.2) is 8.42 Å². The van der Waals surface area contributed by atoms with Gasteiger partial charge in [-0.2, -0.15) is 4.31 Å². The van der Waals surface area contributed by atoms with Crippen LogP contribution in [0.5, 0.6) is 11.5 Å². The lowest BCUT2D eigenvalue weighted by atomic mass is 9.87. The quantitative estimate of drug-likeness (QED) is 0.385. The Hall–Kier alpha value is -3.89. The summed E-state index contributed by atoms with van der Waals surface area (Å²) in [7, 11) is -3.58. The van der Waals surface area contributed by atoms with E-state index in [0.29, 0.717) is 42.3 Å². The van der Waals surface area contributed by atoms with Crippen molar-refractivity contribution in [2.45, 2.75) is 50.3 Å². The highest BCUT2D eigenvalue weighted by molar-refractivity contribution is 7.89. The predicted octanol–water partition coefficient (Wildman–Crippen LogP) is 5.22. The molecule has 3 aromatic rings. The maximum atomic E-state index is 13.0. The number of carbonyl (C=O) groups excluding carboxylic acids is 2. The van der Waals surface area contributed by atoms with Gasteiger partial charge in [-0.3, -0.25) is 9.59 Å². The molecular formula is C32H37N3O6S. The fourth-order valence-electron chi connectivity index (χ4n) is 5.07. The maximum absolute atomic E-state index is 13.0. The highest BCUT2D eigenvalue weighted by Gasteiger charge is 2.27. The van der Waals surface area contributed by atoms with E-state index in [0.717, 1.165) is 25.0 Å². The number of carbonyl (C=O) groups is 2. The van der Waals surface area contributed by atoms with E-state index in [4.69, 9.17) is 9.47 Å². The molecule has 0 radical (unpaired) electrons. The Morgan fingerprint density at radius 2 is 1.64 bits per heavy atom. The smallest absolute Gasteiger partial charge is 0.265 e. The fourth-order valence-corrected chi connectivity index (χ4v) is 6.58. The highest BCUT2D eigenvalue weighted by Crippen LogP contribution is 2.35. The van der Waals surface area contributed by atoms with Crippen LogP contribution in [0.25, 0.3) is 0 Å². The number of sulfonamides is 1. The van der Waals surface area contributed by atoms with Crippen LogP contribution in [-0.4, -0.2) is 57.4 Å². The molecular weight excluding hydrogens is 554 g/mol. The number of amides is 2. The first kappa shape index (κ1) is 29.6. The second kappa shape index (κ2) is 12.1. The molecule has 2 amide bonds. The summed E-state index contributed by atoms with van der Waals surface area (Å²) < 4.78 is 38.9. The van der Waals surface area contributed by atoms with Crippen LogP contribution in [-0.2, 0) is 20.2 Å². The van der Waals surface area contributed by atoms with Crippen molar-refractivity contribution in [3.8, 4) is 11.5 Å². The Kier molecular flexibility index (Phi) is 8.56. The lowest BCUT2D eigenvalue weighted by Crippen LogP contribution is -2.41. The summed E-state index contributed by atoms with van der Waals surface area (Å²) in [5, 5.41) is 2.84. The Bertz CT molecular complexity index is 1540. The zero-order valence-corrected chi connectivity index (χ0v) is 25.1. The van der Waals surface area contributed by atoms with E-state index in [1.807, 2.05) is 24.3 Å². The molecule has 5 rings (SSSR count). The molecule has 0 atom stereocenters. The number of nitrogens with zero attached hydrogens (tertiary/aromatic N) is 2. The van der Waals surface area contributed by atoms with Crippen molar-refractivity contribution in [3.63, 3.8) is 0 Å². The Morgan fingerprint density at radius 1 is 0.952 bits per heavy atom. The highest BCUT2D eigenvalue weighted by atomic mass is 32.2. The standard InChI is InChI=1S/C32H37N3O6S/c1-32(2,3)24-9-12-26(13-10-24)40-20-19-35-28-21-25(11-16-29(28)41-22-30(35)36)33-31(37)23-7-14-27(15-8-23)42(38,39)34-17-5-4-6-18-34/h7-16,21H,4-6,17-20,22H2,1-3H3,(H,33,37). The number of rotatable bonds is 8. The lowest BCUT2D eigenvalue weighted by Gasteiger charge is -2.29. The van der Waals surface area contributed by atoms with Crippen molar-refractivity contribution >= 4 is 33.2 Å². The van der Waals surface area contributed by atoms with Crippen LogP contribution in [0.4, 0.5) is 11.4 Å². The average Bonchev–Trinajstić information content (AvgIpc) is 2.98. The summed E-state index contributed by atoms with van der Waals surface area (Å²) in [6.07, 6.45) is 2.74. The molecule has 10 heteroatoms. The minimum atomic E-state index is -3.58. The molecule has 0 spiro atoms. The van der Waals surface area contributed by atoms with E-state index in [9.17, 15) is 18.0 Å². The number of hydrogen-bond donors (Lipinski definition) is 1. The SMILES string of the molecule is CC(C)(C)c1ccc(OCCN2C(=O)COc3ccc(NC(=O)c4ccc(S(=O)(=O)N5CCCCC5)cc4)cc32)cc1. The zero-order chi connectivity index (χ0) is 29.9. The molecule has 0 aliphatic carbocycles. The van der Waals surface area contributed by atoms with E-state index < -0.39 is 15.9 Å². The van der Waals surface area contributed by atoms with Crippen LogP contribution in [0.2, 0.25) is 0 Å². The summed E-state index contributed by atoms with van der Waals surface area (Å²) in [5.41, 5.74) is 2.59. The topological polar surface area (TPSA) is 105 Å². The molecule has 3 aromatic carbocycles. The Balaban J connectivity index is 1.24. The summed E-state index contributed by atoms with van der Waals surface area (Å²) >= 11 is 0. The van der Waals surface area contributed by atoms with E-state index in [2.05, 4.69) is 26.1 Å². The van der Waals surface area contributed by atoms with E-state index >= 15 is 0 Å². The zero-order valence-electron chi connectivity index (χ0n) is 24.3. The summed E-state index contributed by atoms with van der Waals surface area (Å²) in [6, 6.07) is 19.0. The number of anilines is 2. The van der Waals surface area contributed by atoms with Crippen molar-refractivity contribution < 1.29 is 27.5 Å². The molecule has 0 bridgehead atoms. The molecule has 1 fully saturated rings. The van der Waals surface area contributed by atoms with Crippen molar-refractivity contribution in [3.05, 3.63) is 77.9 Å². The maximum Gasteiger partial charge on any atom is 0.265 e. The van der Waals surface area contributed by atoms with Crippen LogP contribution < -0.4 is 19.7 Å². The number of fused-ring (bicyclic) bond motifs is 1. The number of piperidine rings is 1. The number of hydrogen-bond acceptors (Lipinski definition) is 6. The first-order valence-electron chi connectivity index (χ1n) is 14.2. The molecule has 2 aliphatic rings. The van der Waals surface area contributed by atoms with E-state index in [1.54, 1.807) is 23.1 Å². The van der Waals surface area contributed by atoms with Gasteiger partial charge >= 0.3 is 0 Å². The Labute approximate surface area is 247 Å².